The summed E-state index contributed by atoms with van der Waals surface area (Å²) in [6.07, 6.45) is 0. The van der Waals surface area contributed by atoms with Crippen LogP contribution in [-0.2, 0) is 0 Å². The smallest absolute Gasteiger partial charge is 0.274 e. The first-order chi connectivity index (χ1) is 12.8. The van der Waals surface area contributed by atoms with E-state index in [2.05, 4.69) is 20.6 Å². The zero-order valence-corrected chi connectivity index (χ0v) is 15.2. The predicted molar refractivity (Wildman–Crippen MR) is 101 cm³/mol. The Labute approximate surface area is 159 Å². The SMILES string of the molecule is Cc1cc(C(=O)Nc2cccc(Cl)c2C)nc(Nc2ccc(F)cc2F)n1. The Bertz CT molecular complexity index is 1030. The summed E-state index contributed by atoms with van der Waals surface area (Å²) in [6.45, 7) is 3.46. The largest absolute Gasteiger partial charge is 0.322 e. The highest BCUT2D eigenvalue weighted by molar-refractivity contribution is 6.31. The Morgan fingerprint density at radius 1 is 1.04 bits per heavy atom. The number of rotatable bonds is 4. The molecule has 3 rings (SSSR count). The number of benzene rings is 2. The number of hydrogen-bond donors (Lipinski definition) is 2. The maximum atomic E-state index is 13.8. The molecular weight excluding hydrogens is 374 g/mol. The van der Waals surface area contributed by atoms with E-state index in [-0.39, 0.29) is 17.3 Å². The minimum atomic E-state index is -0.791. The number of anilines is 3. The van der Waals surface area contributed by atoms with Gasteiger partial charge in [-0.15, -0.1) is 0 Å². The van der Waals surface area contributed by atoms with Crippen LogP contribution in [0.1, 0.15) is 21.7 Å². The second kappa shape index (κ2) is 7.67. The van der Waals surface area contributed by atoms with Gasteiger partial charge in [0.25, 0.3) is 5.91 Å². The molecule has 1 heterocycles. The zero-order chi connectivity index (χ0) is 19.6. The fraction of sp³-hybridized carbons (Fsp3) is 0.105. The molecule has 2 N–H and O–H groups in total. The lowest BCUT2D eigenvalue weighted by atomic mass is 10.2. The normalized spacial score (nSPS) is 10.6. The highest BCUT2D eigenvalue weighted by Crippen LogP contribution is 2.24. The van der Waals surface area contributed by atoms with Gasteiger partial charge in [-0.05, 0) is 49.7 Å². The van der Waals surface area contributed by atoms with Gasteiger partial charge >= 0.3 is 0 Å². The Morgan fingerprint density at radius 3 is 2.56 bits per heavy atom. The summed E-state index contributed by atoms with van der Waals surface area (Å²) >= 11 is 6.06. The molecule has 0 atom stereocenters. The van der Waals surface area contributed by atoms with Gasteiger partial charge in [-0.25, -0.2) is 18.7 Å². The van der Waals surface area contributed by atoms with Gasteiger partial charge in [-0.2, -0.15) is 0 Å². The van der Waals surface area contributed by atoms with Crippen molar-refractivity contribution in [2.24, 2.45) is 0 Å². The van der Waals surface area contributed by atoms with Crippen LogP contribution >= 0.6 is 11.6 Å². The monoisotopic (exact) mass is 388 g/mol. The van der Waals surface area contributed by atoms with Crippen molar-refractivity contribution in [1.29, 1.82) is 0 Å². The second-order valence-electron chi connectivity index (χ2n) is 5.83. The summed E-state index contributed by atoms with van der Waals surface area (Å²) < 4.78 is 26.8. The molecular formula is C19H15ClF2N4O. The Balaban J connectivity index is 1.86. The van der Waals surface area contributed by atoms with Gasteiger partial charge in [0.1, 0.15) is 17.3 Å². The molecule has 0 aliphatic heterocycles. The highest BCUT2D eigenvalue weighted by atomic mass is 35.5. The van der Waals surface area contributed by atoms with Gasteiger partial charge in [0.15, 0.2) is 0 Å². The molecule has 138 valence electrons. The van der Waals surface area contributed by atoms with Crippen molar-refractivity contribution in [3.8, 4) is 0 Å². The van der Waals surface area contributed by atoms with E-state index >= 15 is 0 Å². The molecule has 27 heavy (non-hydrogen) atoms. The average molecular weight is 389 g/mol. The van der Waals surface area contributed by atoms with E-state index in [1.54, 1.807) is 32.0 Å². The van der Waals surface area contributed by atoms with Crippen molar-refractivity contribution in [3.05, 3.63) is 76.1 Å². The lowest BCUT2D eigenvalue weighted by Crippen LogP contribution is -2.16. The number of nitrogens with one attached hydrogen (secondary N) is 2. The zero-order valence-electron chi connectivity index (χ0n) is 14.5. The summed E-state index contributed by atoms with van der Waals surface area (Å²) in [5.74, 6) is -1.93. The standard InChI is InChI=1S/C19H15ClF2N4O/c1-10-8-17(18(27)24-15-5-3-4-13(20)11(15)2)26-19(23-10)25-16-7-6-12(21)9-14(16)22/h3-9H,1-2H3,(H,24,27)(H,23,25,26). The summed E-state index contributed by atoms with van der Waals surface area (Å²) in [5, 5.41) is 5.92. The van der Waals surface area contributed by atoms with E-state index in [9.17, 15) is 13.6 Å². The number of carbonyl (C=O) groups is 1. The summed E-state index contributed by atoms with van der Waals surface area (Å²) in [5.41, 5.74) is 1.88. The fourth-order valence-corrected chi connectivity index (χ4v) is 2.56. The molecule has 0 saturated carbocycles. The van der Waals surface area contributed by atoms with Crippen LogP contribution in [-0.4, -0.2) is 15.9 Å². The number of carbonyl (C=O) groups excluding carboxylic acids is 1. The molecule has 0 aliphatic rings. The van der Waals surface area contributed by atoms with E-state index in [4.69, 9.17) is 11.6 Å². The summed E-state index contributed by atoms with van der Waals surface area (Å²) in [4.78, 5) is 20.8. The second-order valence-corrected chi connectivity index (χ2v) is 6.24. The molecule has 1 aromatic heterocycles. The van der Waals surface area contributed by atoms with E-state index < -0.39 is 17.5 Å². The maximum Gasteiger partial charge on any atom is 0.274 e. The molecule has 0 radical (unpaired) electrons. The number of aryl methyl sites for hydroxylation is 1. The third-order valence-corrected chi connectivity index (χ3v) is 4.19. The Kier molecular flexibility index (Phi) is 5.32. The number of aromatic nitrogens is 2. The van der Waals surface area contributed by atoms with Gasteiger partial charge in [0.05, 0.1) is 5.69 Å². The number of hydrogen-bond acceptors (Lipinski definition) is 4. The molecule has 0 fully saturated rings. The molecule has 8 heteroatoms. The molecule has 0 bridgehead atoms. The molecule has 5 nitrogen and oxygen atoms in total. The van der Waals surface area contributed by atoms with Crippen molar-refractivity contribution in [2.75, 3.05) is 10.6 Å². The van der Waals surface area contributed by atoms with Crippen LogP contribution < -0.4 is 10.6 Å². The van der Waals surface area contributed by atoms with Crippen molar-refractivity contribution < 1.29 is 13.6 Å². The van der Waals surface area contributed by atoms with Crippen LogP contribution in [0.4, 0.5) is 26.1 Å². The number of amides is 1. The molecule has 0 aliphatic carbocycles. The van der Waals surface area contributed by atoms with E-state index in [1.165, 1.54) is 12.1 Å². The average Bonchev–Trinajstić information content (AvgIpc) is 2.61. The highest BCUT2D eigenvalue weighted by Gasteiger charge is 2.14. The molecule has 0 saturated heterocycles. The van der Waals surface area contributed by atoms with E-state index in [0.29, 0.717) is 16.4 Å². The number of halogens is 3. The van der Waals surface area contributed by atoms with Gasteiger partial charge in [-0.1, -0.05) is 17.7 Å². The van der Waals surface area contributed by atoms with Crippen molar-refractivity contribution in [1.82, 2.24) is 9.97 Å². The van der Waals surface area contributed by atoms with Gasteiger partial charge < -0.3 is 10.6 Å². The third-order valence-electron chi connectivity index (χ3n) is 3.78. The van der Waals surface area contributed by atoms with Gasteiger partial charge in [0, 0.05) is 22.5 Å². The van der Waals surface area contributed by atoms with Crippen LogP contribution in [0, 0.1) is 25.5 Å². The Morgan fingerprint density at radius 2 is 1.81 bits per heavy atom. The lowest BCUT2D eigenvalue weighted by molar-refractivity contribution is 0.102. The quantitative estimate of drug-likeness (QED) is 0.658. The molecule has 1 amide bonds. The van der Waals surface area contributed by atoms with Gasteiger partial charge in [0.2, 0.25) is 5.95 Å². The van der Waals surface area contributed by atoms with E-state index in [1.807, 2.05) is 0 Å². The van der Waals surface area contributed by atoms with Crippen LogP contribution in [0.5, 0.6) is 0 Å². The van der Waals surface area contributed by atoms with Crippen molar-refractivity contribution in [3.63, 3.8) is 0 Å². The lowest BCUT2D eigenvalue weighted by Gasteiger charge is -2.11. The van der Waals surface area contributed by atoms with E-state index in [0.717, 1.165) is 17.7 Å². The van der Waals surface area contributed by atoms with Gasteiger partial charge in [-0.3, -0.25) is 4.79 Å². The molecule has 0 spiro atoms. The molecule has 2 aromatic carbocycles. The number of nitrogens with zero attached hydrogens (tertiary/aromatic N) is 2. The van der Waals surface area contributed by atoms with Crippen LogP contribution in [0.2, 0.25) is 5.02 Å². The Hall–Kier alpha value is -3.06. The minimum Gasteiger partial charge on any atom is -0.322 e. The maximum absolute atomic E-state index is 13.8. The van der Waals surface area contributed by atoms with Crippen molar-refractivity contribution in [2.45, 2.75) is 13.8 Å². The first kappa shape index (κ1) is 18.7. The van der Waals surface area contributed by atoms with Crippen molar-refractivity contribution >= 4 is 34.8 Å². The fourth-order valence-electron chi connectivity index (χ4n) is 2.38. The minimum absolute atomic E-state index is 0.000885. The van der Waals surface area contributed by atoms with Crippen LogP contribution in [0.25, 0.3) is 0 Å². The van der Waals surface area contributed by atoms with Crippen LogP contribution in [0.3, 0.4) is 0 Å². The first-order valence-electron chi connectivity index (χ1n) is 7.97. The molecule has 0 unspecified atom stereocenters. The summed E-state index contributed by atoms with van der Waals surface area (Å²) in [7, 11) is 0. The van der Waals surface area contributed by atoms with Crippen LogP contribution in [0.15, 0.2) is 42.5 Å². The molecule has 3 aromatic rings. The predicted octanol–water partition coefficient (Wildman–Crippen LogP) is 5.02. The topological polar surface area (TPSA) is 66.9 Å². The first-order valence-corrected chi connectivity index (χ1v) is 8.35. The summed E-state index contributed by atoms with van der Waals surface area (Å²) in [6, 6.07) is 9.75. The third kappa shape index (κ3) is 4.38.